The Bertz CT molecular complexity index is 1210. The lowest BCUT2D eigenvalue weighted by molar-refractivity contribution is -0.139. The number of hydrogen-bond acceptors (Lipinski definition) is 6. The number of anilines is 1. The third-order valence-electron chi connectivity index (χ3n) is 7.39. The summed E-state index contributed by atoms with van der Waals surface area (Å²) in [6, 6.07) is 8.58. The molecule has 5 rings (SSSR count). The van der Waals surface area contributed by atoms with Crippen molar-refractivity contribution in [1.29, 1.82) is 0 Å². The lowest BCUT2D eigenvalue weighted by Gasteiger charge is -2.36. The number of carboxylic acids is 1. The van der Waals surface area contributed by atoms with Crippen LogP contribution in [0.3, 0.4) is 0 Å². The number of carboxylic acid groups (broad SMARTS) is 1. The van der Waals surface area contributed by atoms with Crippen molar-refractivity contribution in [1.82, 2.24) is 20.2 Å². The number of carbonyl (C=O) groups is 1. The quantitative estimate of drug-likeness (QED) is 0.412. The highest BCUT2D eigenvalue weighted by molar-refractivity contribution is 5.67. The molecule has 1 aliphatic carbocycles. The van der Waals surface area contributed by atoms with Crippen LogP contribution in [0.1, 0.15) is 50.5 Å². The van der Waals surface area contributed by atoms with E-state index in [1.54, 1.807) is 6.20 Å². The molecule has 1 saturated carbocycles. The fourth-order valence-electron chi connectivity index (χ4n) is 5.25. The molecule has 8 nitrogen and oxygen atoms in total. The van der Waals surface area contributed by atoms with Crippen molar-refractivity contribution in [3.05, 3.63) is 48.2 Å². The number of aliphatic carboxylic acids is 1. The van der Waals surface area contributed by atoms with Gasteiger partial charge in [0.05, 0.1) is 17.8 Å². The summed E-state index contributed by atoms with van der Waals surface area (Å²) in [5, 5.41) is 16.0. The number of H-pyrrole nitrogens is 1. The first-order valence-corrected chi connectivity index (χ1v) is 12.9. The van der Waals surface area contributed by atoms with Gasteiger partial charge in [-0.1, -0.05) is 12.1 Å². The topological polar surface area (TPSA) is 104 Å². The Hall–Kier alpha value is -3.47. The zero-order chi connectivity index (χ0) is 26.7. The summed E-state index contributed by atoms with van der Waals surface area (Å²) in [7, 11) is 0. The molecule has 3 aromatic rings. The van der Waals surface area contributed by atoms with Crippen LogP contribution in [0.4, 0.5) is 19.0 Å². The summed E-state index contributed by atoms with van der Waals surface area (Å²) in [6.45, 7) is 1.68. The minimum absolute atomic E-state index is 0.212. The lowest BCUT2D eigenvalue weighted by Crippen LogP contribution is -2.39. The molecule has 2 fully saturated rings. The van der Waals surface area contributed by atoms with E-state index in [0.29, 0.717) is 17.2 Å². The van der Waals surface area contributed by atoms with Gasteiger partial charge in [-0.05, 0) is 68.7 Å². The molecule has 1 saturated heterocycles. The Morgan fingerprint density at radius 3 is 2.24 bits per heavy atom. The molecule has 1 aliphatic heterocycles. The van der Waals surface area contributed by atoms with Crippen molar-refractivity contribution in [2.24, 2.45) is 5.92 Å². The molecular formula is C27H30F3N5O3. The predicted octanol–water partition coefficient (Wildman–Crippen LogP) is 5.57. The fourth-order valence-corrected chi connectivity index (χ4v) is 5.25. The van der Waals surface area contributed by atoms with E-state index >= 15 is 0 Å². The van der Waals surface area contributed by atoms with E-state index < -0.39 is 17.7 Å². The van der Waals surface area contributed by atoms with Gasteiger partial charge in [0, 0.05) is 36.8 Å². The molecule has 0 bridgehead atoms. The van der Waals surface area contributed by atoms with Gasteiger partial charge in [-0.3, -0.25) is 9.89 Å². The molecule has 0 atom stereocenters. The first-order valence-electron chi connectivity index (χ1n) is 12.9. The number of hydrogen-bond donors (Lipinski definition) is 2. The number of pyridine rings is 1. The molecule has 0 radical (unpaired) electrons. The standard InChI is InChI=1S/C27H30F3N5O3/c28-27(29,30)20-6-3-18(4-7-20)25-32-26(34-33-25)19-5-10-23(31-16-19)35-13-11-22(12-14-35)38-21-8-1-17(2-9-21)15-24(36)37/h3-7,10,16-17,21-22H,1-2,8-9,11-15H2,(H,36,37)(H,32,33,34)/t17-,21+. The van der Waals surface area contributed by atoms with E-state index in [9.17, 15) is 18.0 Å². The molecule has 11 heteroatoms. The van der Waals surface area contributed by atoms with Crippen LogP contribution >= 0.6 is 0 Å². The Kier molecular flexibility index (Phi) is 7.64. The predicted molar refractivity (Wildman–Crippen MR) is 134 cm³/mol. The number of aromatic amines is 1. The van der Waals surface area contributed by atoms with Crippen LogP contribution in [0, 0.1) is 5.92 Å². The summed E-state index contributed by atoms with van der Waals surface area (Å²) in [6.07, 6.45) is 3.56. The first-order chi connectivity index (χ1) is 18.2. The van der Waals surface area contributed by atoms with Crippen molar-refractivity contribution in [3.63, 3.8) is 0 Å². The number of nitrogens with one attached hydrogen (secondary N) is 1. The van der Waals surface area contributed by atoms with Gasteiger partial charge in [-0.15, -0.1) is 0 Å². The second-order valence-corrected chi connectivity index (χ2v) is 10.1. The number of nitrogens with zero attached hydrogens (tertiary/aromatic N) is 4. The van der Waals surface area contributed by atoms with E-state index in [1.165, 1.54) is 12.1 Å². The SMILES string of the molecule is O=C(O)C[C@H]1CC[C@@H](OC2CCN(c3ccc(-c4nc(-c5ccc(C(F)(F)F)cc5)n[nH]4)cn3)CC2)CC1. The molecule has 38 heavy (non-hydrogen) atoms. The molecule has 3 heterocycles. The molecule has 202 valence electrons. The van der Waals surface area contributed by atoms with Gasteiger partial charge in [-0.2, -0.15) is 18.3 Å². The van der Waals surface area contributed by atoms with E-state index in [1.807, 2.05) is 12.1 Å². The van der Waals surface area contributed by atoms with E-state index in [2.05, 4.69) is 25.1 Å². The van der Waals surface area contributed by atoms with Crippen LogP contribution in [-0.2, 0) is 15.7 Å². The minimum Gasteiger partial charge on any atom is -0.481 e. The Labute approximate surface area is 218 Å². The van der Waals surface area contributed by atoms with Crippen molar-refractivity contribution >= 4 is 11.8 Å². The number of piperidine rings is 1. The highest BCUT2D eigenvalue weighted by atomic mass is 19.4. The second kappa shape index (κ2) is 11.1. The van der Waals surface area contributed by atoms with Crippen molar-refractivity contribution in [2.45, 2.75) is 63.3 Å². The number of ether oxygens (including phenoxy) is 1. The Balaban J connectivity index is 1.12. The zero-order valence-corrected chi connectivity index (χ0v) is 20.8. The van der Waals surface area contributed by atoms with Gasteiger partial charge < -0.3 is 14.7 Å². The highest BCUT2D eigenvalue weighted by Crippen LogP contribution is 2.32. The zero-order valence-electron chi connectivity index (χ0n) is 20.8. The normalized spacial score (nSPS) is 21.0. The van der Waals surface area contributed by atoms with E-state index in [4.69, 9.17) is 9.84 Å². The van der Waals surface area contributed by atoms with Gasteiger partial charge in [0.1, 0.15) is 5.82 Å². The number of benzene rings is 1. The van der Waals surface area contributed by atoms with Gasteiger partial charge >= 0.3 is 12.1 Å². The van der Waals surface area contributed by atoms with E-state index in [-0.39, 0.29) is 24.5 Å². The van der Waals surface area contributed by atoms with Crippen LogP contribution in [0.25, 0.3) is 22.8 Å². The first kappa shape index (κ1) is 26.1. The lowest BCUT2D eigenvalue weighted by atomic mass is 9.85. The second-order valence-electron chi connectivity index (χ2n) is 10.1. The third-order valence-corrected chi connectivity index (χ3v) is 7.39. The van der Waals surface area contributed by atoms with Crippen LogP contribution in [0.5, 0.6) is 0 Å². The molecule has 0 amide bonds. The average molecular weight is 530 g/mol. The molecule has 1 aromatic carbocycles. The summed E-state index contributed by atoms with van der Waals surface area (Å²) < 4.78 is 44.7. The number of halogens is 3. The van der Waals surface area contributed by atoms with Gasteiger partial charge in [0.15, 0.2) is 11.6 Å². The number of alkyl halides is 3. The minimum atomic E-state index is -4.39. The van der Waals surface area contributed by atoms with Gasteiger partial charge in [0.25, 0.3) is 0 Å². The summed E-state index contributed by atoms with van der Waals surface area (Å²) in [5.74, 6) is 1.23. The molecule has 2 aromatic heterocycles. The molecule has 0 spiro atoms. The van der Waals surface area contributed by atoms with Crippen molar-refractivity contribution in [3.8, 4) is 22.8 Å². The highest BCUT2D eigenvalue weighted by Gasteiger charge is 2.30. The number of rotatable bonds is 7. The Morgan fingerprint density at radius 1 is 0.974 bits per heavy atom. The monoisotopic (exact) mass is 529 g/mol. The maximum Gasteiger partial charge on any atom is 0.416 e. The van der Waals surface area contributed by atoms with Gasteiger partial charge in [0.2, 0.25) is 0 Å². The molecule has 0 unspecified atom stereocenters. The third kappa shape index (κ3) is 6.32. The van der Waals surface area contributed by atoms with Crippen LogP contribution in [0.2, 0.25) is 0 Å². The molecular weight excluding hydrogens is 499 g/mol. The van der Waals surface area contributed by atoms with Crippen LogP contribution in [0.15, 0.2) is 42.6 Å². The Morgan fingerprint density at radius 2 is 1.63 bits per heavy atom. The summed E-state index contributed by atoms with van der Waals surface area (Å²) in [4.78, 5) is 22.2. The smallest absolute Gasteiger partial charge is 0.416 e. The maximum atomic E-state index is 12.8. The van der Waals surface area contributed by atoms with Crippen molar-refractivity contribution in [2.75, 3.05) is 18.0 Å². The van der Waals surface area contributed by atoms with Crippen LogP contribution in [-0.4, -0.2) is 56.5 Å². The van der Waals surface area contributed by atoms with E-state index in [0.717, 1.165) is 75.1 Å². The molecule has 2 aliphatic rings. The van der Waals surface area contributed by atoms with Gasteiger partial charge in [-0.25, -0.2) is 9.97 Å². The number of aromatic nitrogens is 4. The fraction of sp³-hybridized carbons (Fsp3) is 0.481. The van der Waals surface area contributed by atoms with Crippen molar-refractivity contribution < 1.29 is 27.8 Å². The largest absolute Gasteiger partial charge is 0.481 e. The maximum absolute atomic E-state index is 12.8. The molecule has 2 N–H and O–H groups in total. The average Bonchev–Trinajstić information content (AvgIpc) is 3.40. The summed E-state index contributed by atoms with van der Waals surface area (Å²) in [5.41, 5.74) is 0.507. The van der Waals surface area contributed by atoms with Crippen LogP contribution < -0.4 is 4.90 Å². The summed E-state index contributed by atoms with van der Waals surface area (Å²) >= 11 is 0.